The molecule has 1 amide bonds. The van der Waals surface area contributed by atoms with E-state index in [1.54, 1.807) is 4.90 Å². The number of amides is 1. The highest BCUT2D eigenvalue weighted by Gasteiger charge is 2.46. The molecule has 0 spiro atoms. The quantitative estimate of drug-likeness (QED) is 0.452. The maximum atomic E-state index is 13.0. The van der Waals surface area contributed by atoms with Gasteiger partial charge in [0.05, 0.1) is 24.8 Å². The Hall–Kier alpha value is -2.48. The molecule has 0 saturated carbocycles. The van der Waals surface area contributed by atoms with Crippen LogP contribution in [0.25, 0.3) is 5.76 Å². The minimum Gasteiger partial charge on any atom is -0.507 e. The van der Waals surface area contributed by atoms with Crippen LogP contribution in [0.2, 0.25) is 0 Å². The molecule has 7 heteroatoms. The lowest BCUT2D eigenvalue weighted by molar-refractivity contribution is -0.140. The van der Waals surface area contributed by atoms with Crippen molar-refractivity contribution in [2.45, 2.75) is 19.9 Å². The summed E-state index contributed by atoms with van der Waals surface area (Å²) >= 11 is 1.49. The summed E-state index contributed by atoms with van der Waals surface area (Å²) in [6.07, 6.45) is 0. The number of aryl methyl sites for hydroxylation is 2. The molecule has 0 unspecified atom stereocenters. The lowest BCUT2D eigenvalue weighted by Gasteiger charge is -2.30. The van der Waals surface area contributed by atoms with Gasteiger partial charge in [-0.3, -0.25) is 14.5 Å². The molecule has 0 aliphatic carbocycles. The third-order valence-electron chi connectivity index (χ3n) is 5.76. The van der Waals surface area contributed by atoms with Crippen molar-refractivity contribution in [2.24, 2.45) is 0 Å². The summed E-state index contributed by atoms with van der Waals surface area (Å²) < 4.78 is 5.39. The second-order valence-electron chi connectivity index (χ2n) is 7.78. The van der Waals surface area contributed by atoms with Gasteiger partial charge in [0.1, 0.15) is 5.76 Å². The SMILES string of the molecule is Cc1ccc(C)c(C(O)=C2C(=O)C(=O)N(CCN3CCOCC3)[C@H]2c2cccs2)c1. The Morgan fingerprint density at radius 3 is 2.63 bits per heavy atom. The molecule has 0 bridgehead atoms. The summed E-state index contributed by atoms with van der Waals surface area (Å²) in [6.45, 7) is 7.92. The molecule has 158 valence electrons. The zero-order valence-electron chi connectivity index (χ0n) is 17.3. The Labute approximate surface area is 180 Å². The maximum absolute atomic E-state index is 13.0. The van der Waals surface area contributed by atoms with Crippen molar-refractivity contribution in [3.8, 4) is 0 Å². The Bertz CT molecular complexity index is 977. The largest absolute Gasteiger partial charge is 0.507 e. The van der Waals surface area contributed by atoms with Crippen molar-refractivity contribution in [1.82, 2.24) is 9.80 Å². The summed E-state index contributed by atoms with van der Waals surface area (Å²) in [5.41, 5.74) is 2.62. The van der Waals surface area contributed by atoms with Crippen molar-refractivity contribution < 1.29 is 19.4 Å². The van der Waals surface area contributed by atoms with E-state index in [-0.39, 0.29) is 11.3 Å². The minimum absolute atomic E-state index is 0.0955. The Morgan fingerprint density at radius 2 is 1.93 bits per heavy atom. The third-order valence-corrected chi connectivity index (χ3v) is 6.69. The van der Waals surface area contributed by atoms with Gasteiger partial charge in [-0.15, -0.1) is 11.3 Å². The topological polar surface area (TPSA) is 70.1 Å². The number of aliphatic hydroxyl groups excluding tert-OH is 1. The molecule has 2 aliphatic heterocycles. The Kier molecular flexibility index (Phi) is 6.04. The van der Waals surface area contributed by atoms with Crippen LogP contribution in [-0.4, -0.2) is 66.0 Å². The molecule has 6 nitrogen and oxygen atoms in total. The molecule has 0 radical (unpaired) electrons. The van der Waals surface area contributed by atoms with Gasteiger partial charge in [-0.05, 0) is 36.9 Å². The summed E-state index contributed by atoms with van der Waals surface area (Å²) in [6, 6.07) is 8.99. The number of thiophene rings is 1. The third kappa shape index (κ3) is 3.93. The standard InChI is InChI=1S/C23H26N2O4S/c1-15-5-6-16(2)17(14-15)21(26)19-20(18-4-3-13-30-18)25(23(28)22(19)27)8-7-24-9-11-29-12-10-24/h3-6,13-14,20,26H,7-12H2,1-2H3/t20-/m0/s1. The van der Waals surface area contributed by atoms with Gasteiger partial charge in [-0.25, -0.2) is 0 Å². The molecule has 4 rings (SSSR count). The lowest BCUT2D eigenvalue weighted by atomic mass is 9.96. The number of rotatable bonds is 5. The first-order valence-electron chi connectivity index (χ1n) is 10.2. The molecule has 1 aromatic heterocycles. The van der Waals surface area contributed by atoms with E-state index in [0.29, 0.717) is 31.9 Å². The van der Waals surface area contributed by atoms with Crippen LogP contribution in [0.4, 0.5) is 0 Å². The molecular weight excluding hydrogens is 400 g/mol. The predicted molar refractivity (Wildman–Crippen MR) is 117 cm³/mol. The zero-order valence-corrected chi connectivity index (χ0v) is 18.1. The van der Waals surface area contributed by atoms with E-state index in [1.165, 1.54) is 11.3 Å². The van der Waals surface area contributed by atoms with Gasteiger partial charge in [0.2, 0.25) is 0 Å². The highest BCUT2D eigenvalue weighted by Crippen LogP contribution is 2.41. The van der Waals surface area contributed by atoms with Crippen LogP contribution in [0.3, 0.4) is 0 Å². The van der Waals surface area contributed by atoms with Crippen molar-refractivity contribution >= 4 is 28.8 Å². The number of benzene rings is 1. The van der Waals surface area contributed by atoms with Crippen LogP contribution >= 0.6 is 11.3 Å². The van der Waals surface area contributed by atoms with E-state index in [0.717, 1.165) is 29.1 Å². The van der Waals surface area contributed by atoms with E-state index >= 15 is 0 Å². The van der Waals surface area contributed by atoms with Crippen LogP contribution < -0.4 is 0 Å². The van der Waals surface area contributed by atoms with Gasteiger partial charge < -0.3 is 14.7 Å². The van der Waals surface area contributed by atoms with Crippen molar-refractivity contribution in [1.29, 1.82) is 0 Å². The fourth-order valence-corrected chi connectivity index (χ4v) is 4.91. The van der Waals surface area contributed by atoms with Crippen LogP contribution in [0.1, 0.15) is 27.6 Å². The van der Waals surface area contributed by atoms with E-state index in [4.69, 9.17) is 4.74 Å². The molecule has 1 atom stereocenters. The average molecular weight is 427 g/mol. The fraction of sp³-hybridized carbons (Fsp3) is 0.391. The van der Waals surface area contributed by atoms with E-state index in [9.17, 15) is 14.7 Å². The number of morpholine rings is 1. The van der Waals surface area contributed by atoms with Gasteiger partial charge in [0.25, 0.3) is 11.7 Å². The van der Waals surface area contributed by atoms with Crippen LogP contribution in [0.5, 0.6) is 0 Å². The van der Waals surface area contributed by atoms with Crippen molar-refractivity contribution in [3.63, 3.8) is 0 Å². The molecule has 30 heavy (non-hydrogen) atoms. The number of Topliss-reactive ketones (excluding diaryl/α,β-unsaturated/α-hetero) is 1. The number of nitrogens with zero attached hydrogens (tertiary/aromatic N) is 2. The first-order chi connectivity index (χ1) is 14.5. The molecule has 1 aromatic carbocycles. The van der Waals surface area contributed by atoms with Crippen molar-refractivity contribution in [3.05, 3.63) is 62.9 Å². The predicted octanol–water partition coefficient (Wildman–Crippen LogP) is 3.12. The number of hydrogen-bond donors (Lipinski definition) is 1. The molecule has 3 heterocycles. The molecule has 2 aromatic rings. The molecule has 2 fully saturated rings. The maximum Gasteiger partial charge on any atom is 0.295 e. The average Bonchev–Trinajstić information content (AvgIpc) is 3.36. The van der Waals surface area contributed by atoms with Gasteiger partial charge in [-0.2, -0.15) is 0 Å². The van der Waals surface area contributed by atoms with E-state index < -0.39 is 17.7 Å². The normalized spacial score (nSPS) is 22.1. The number of hydrogen-bond acceptors (Lipinski definition) is 6. The molecule has 2 aliphatic rings. The van der Waals surface area contributed by atoms with Crippen LogP contribution in [0.15, 0.2) is 41.3 Å². The van der Waals surface area contributed by atoms with Gasteiger partial charge in [0, 0.05) is 36.6 Å². The Morgan fingerprint density at radius 1 is 1.17 bits per heavy atom. The molecule has 1 N–H and O–H groups in total. The number of aliphatic hydroxyl groups is 1. The second-order valence-corrected chi connectivity index (χ2v) is 8.76. The van der Waals surface area contributed by atoms with E-state index in [1.807, 2.05) is 49.6 Å². The van der Waals surface area contributed by atoms with Crippen LogP contribution in [0, 0.1) is 13.8 Å². The highest BCUT2D eigenvalue weighted by atomic mass is 32.1. The first-order valence-corrected chi connectivity index (χ1v) is 11.0. The summed E-state index contributed by atoms with van der Waals surface area (Å²) in [5.74, 6) is -1.26. The Balaban J connectivity index is 1.73. The lowest BCUT2D eigenvalue weighted by Crippen LogP contribution is -2.42. The zero-order chi connectivity index (χ0) is 21.3. The number of carbonyl (C=O) groups is 2. The first kappa shape index (κ1) is 20.8. The van der Waals surface area contributed by atoms with E-state index in [2.05, 4.69) is 4.90 Å². The number of carbonyl (C=O) groups excluding carboxylic acids is 2. The van der Waals surface area contributed by atoms with Crippen molar-refractivity contribution in [2.75, 3.05) is 39.4 Å². The summed E-state index contributed by atoms with van der Waals surface area (Å²) in [7, 11) is 0. The minimum atomic E-state index is -0.617. The highest BCUT2D eigenvalue weighted by molar-refractivity contribution is 7.10. The van der Waals surface area contributed by atoms with Gasteiger partial charge in [0.15, 0.2) is 0 Å². The van der Waals surface area contributed by atoms with Crippen LogP contribution in [-0.2, 0) is 14.3 Å². The second kappa shape index (κ2) is 8.71. The van der Waals surface area contributed by atoms with Gasteiger partial charge in [-0.1, -0.05) is 23.8 Å². The number of ether oxygens (including phenoxy) is 1. The molecule has 2 saturated heterocycles. The number of ketones is 1. The van der Waals surface area contributed by atoms with Gasteiger partial charge >= 0.3 is 0 Å². The smallest absolute Gasteiger partial charge is 0.295 e. The fourth-order valence-electron chi connectivity index (χ4n) is 4.06. The number of likely N-dealkylation sites (tertiary alicyclic amines) is 1. The summed E-state index contributed by atoms with van der Waals surface area (Å²) in [4.78, 5) is 30.7. The summed E-state index contributed by atoms with van der Waals surface area (Å²) in [5, 5.41) is 13.1. The monoisotopic (exact) mass is 426 g/mol. The molecular formula is C23H26N2O4S.